The molecule has 1 heterocycles. The number of carbonyl (C=O) groups is 1. The Hall–Kier alpha value is -2.28. The Morgan fingerprint density at radius 2 is 1.96 bits per heavy atom. The van der Waals surface area contributed by atoms with Gasteiger partial charge in [0.2, 0.25) is 0 Å². The van der Waals surface area contributed by atoms with Crippen LogP contribution in [0.25, 0.3) is 11.3 Å². The van der Waals surface area contributed by atoms with Gasteiger partial charge in [-0.3, -0.25) is 9.69 Å². The molecule has 2 rings (SSSR count). The predicted octanol–water partition coefficient (Wildman–Crippen LogP) is 4.43. The van der Waals surface area contributed by atoms with Gasteiger partial charge in [0.1, 0.15) is 5.76 Å². The summed E-state index contributed by atoms with van der Waals surface area (Å²) in [6.45, 7) is 8.27. The Bertz CT molecular complexity index is 738. The number of nitrogens with one attached hydrogen (secondary N) is 1. The topological polar surface area (TPSA) is 45.5 Å². The summed E-state index contributed by atoms with van der Waals surface area (Å²) in [6, 6.07) is 8.16. The fourth-order valence-electron chi connectivity index (χ4n) is 2.65. The second-order valence-electron chi connectivity index (χ2n) is 6.22. The summed E-state index contributed by atoms with van der Waals surface area (Å²) >= 11 is 0. The average molecular weight is 368 g/mol. The molecule has 0 radical (unpaired) electrons. The summed E-state index contributed by atoms with van der Waals surface area (Å²) in [4.78, 5) is 14.4. The van der Waals surface area contributed by atoms with Gasteiger partial charge in [-0.1, -0.05) is 19.1 Å². The van der Waals surface area contributed by atoms with Crippen LogP contribution in [0.5, 0.6) is 0 Å². The zero-order valence-electron chi connectivity index (χ0n) is 15.1. The van der Waals surface area contributed by atoms with Crippen molar-refractivity contribution in [3.05, 3.63) is 47.7 Å². The zero-order valence-corrected chi connectivity index (χ0v) is 15.1. The van der Waals surface area contributed by atoms with Crippen molar-refractivity contribution in [2.75, 3.05) is 19.6 Å². The molecular formula is C19H23F3N2O2. The highest BCUT2D eigenvalue weighted by atomic mass is 19.4. The van der Waals surface area contributed by atoms with Crippen LogP contribution in [0.2, 0.25) is 0 Å². The highest BCUT2D eigenvalue weighted by Crippen LogP contribution is 2.32. The Balaban J connectivity index is 2.02. The highest BCUT2D eigenvalue weighted by Gasteiger charge is 2.30. The van der Waals surface area contributed by atoms with E-state index in [0.29, 0.717) is 19.1 Å². The number of likely N-dealkylation sites (N-methyl/N-ethyl adjacent to an activating group) is 1. The van der Waals surface area contributed by atoms with Gasteiger partial charge >= 0.3 is 6.18 Å². The maximum absolute atomic E-state index is 12.8. The molecular weight excluding hydrogens is 345 g/mol. The van der Waals surface area contributed by atoms with Crippen molar-refractivity contribution in [3.8, 4) is 11.3 Å². The van der Waals surface area contributed by atoms with Crippen LogP contribution >= 0.6 is 0 Å². The number of benzene rings is 1. The van der Waals surface area contributed by atoms with Gasteiger partial charge < -0.3 is 9.73 Å². The van der Waals surface area contributed by atoms with E-state index < -0.39 is 11.7 Å². The van der Waals surface area contributed by atoms with E-state index in [2.05, 4.69) is 31.0 Å². The van der Waals surface area contributed by atoms with E-state index >= 15 is 0 Å². The fourth-order valence-corrected chi connectivity index (χ4v) is 2.65. The molecule has 0 aliphatic rings. The number of rotatable bonds is 7. The lowest BCUT2D eigenvalue weighted by molar-refractivity contribution is -0.137. The summed E-state index contributed by atoms with van der Waals surface area (Å²) < 4.78 is 43.9. The molecule has 7 heteroatoms. The Morgan fingerprint density at radius 3 is 2.58 bits per heavy atom. The molecule has 1 N–H and O–H groups in total. The van der Waals surface area contributed by atoms with Gasteiger partial charge in [-0.2, -0.15) is 13.2 Å². The molecule has 142 valence electrons. The number of nitrogens with zero attached hydrogens (tertiary/aromatic N) is 1. The van der Waals surface area contributed by atoms with Crippen LogP contribution in [0.15, 0.2) is 40.8 Å². The molecule has 0 spiro atoms. The minimum atomic E-state index is -4.43. The average Bonchev–Trinajstić information content (AvgIpc) is 3.08. The smallest absolute Gasteiger partial charge is 0.416 e. The highest BCUT2D eigenvalue weighted by molar-refractivity contribution is 5.92. The number of furan rings is 1. The summed E-state index contributed by atoms with van der Waals surface area (Å²) in [6.07, 6.45) is -4.43. The van der Waals surface area contributed by atoms with Gasteiger partial charge in [0.15, 0.2) is 5.76 Å². The normalized spacial score (nSPS) is 12.0. The number of hydrogen-bond acceptors (Lipinski definition) is 3. The third kappa shape index (κ3) is 5.11. The molecule has 0 bridgehead atoms. The fraction of sp³-hybridized carbons (Fsp3) is 0.421. The minimum absolute atomic E-state index is 0.0741. The summed E-state index contributed by atoms with van der Waals surface area (Å²) in [7, 11) is 0. The number of carbonyl (C=O) groups excluding carboxylic acids is 1. The second kappa shape index (κ2) is 8.40. The van der Waals surface area contributed by atoms with Crippen LogP contribution in [-0.2, 0) is 6.18 Å². The Labute approximate surface area is 151 Å². The van der Waals surface area contributed by atoms with Crippen molar-refractivity contribution in [1.29, 1.82) is 0 Å². The Morgan fingerprint density at radius 1 is 1.23 bits per heavy atom. The van der Waals surface area contributed by atoms with Gasteiger partial charge in [0, 0.05) is 24.7 Å². The molecule has 1 amide bonds. The van der Waals surface area contributed by atoms with E-state index in [1.807, 2.05) is 0 Å². The lowest BCUT2D eigenvalue weighted by Crippen LogP contribution is -2.38. The molecule has 1 aromatic carbocycles. The van der Waals surface area contributed by atoms with Crippen molar-refractivity contribution in [2.24, 2.45) is 0 Å². The maximum atomic E-state index is 12.8. The van der Waals surface area contributed by atoms with Crippen molar-refractivity contribution >= 4 is 5.91 Å². The molecule has 0 fully saturated rings. The first-order valence-electron chi connectivity index (χ1n) is 8.52. The third-order valence-corrected chi connectivity index (χ3v) is 4.13. The van der Waals surface area contributed by atoms with Crippen LogP contribution in [0.4, 0.5) is 13.2 Å². The maximum Gasteiger partial charge on any atom is 0.416 e. The lowest BCUT2D eigenvalue weighted by atomic mass is 10.1. The molecule has 0 atom stereocenters. The van der Waals surface area contributed by atoms with Gasteiger partial charge in [0.05, 0.1) is 5.56 Å². The van der Waals surface area contributed by atoms with Gasteiger partial charge in [0.25, 0.3) is 5.91 Å². The lowest BCUT2D eigenvalue weighted by Gasteiger charge is -2.24. The number of halogens is 3. The van der Waals surface area contributed by atoms with Crippen molar-refractivity contribution in [1.82, 2.24) is 10.2 Å². The Kier molecular flexibility index (Phi) is 6.47. The van der Waals surface area contributed by atoms with Crippen LogP contribution in [0.1, 0.15) is 36.9 Å². The van der Waals surface area contributed by atoms with Crippen molar-refractivity contribution in [2.45, 2.75) is 33.0 Å². The zero-order chi connectivity index (χ0) is 19.3. The molecule has 1 aromatic heterocycles. The monoisotopic (exact) mass is 368 g/mol. The number of alkyl halides is 3. The second-order valence-corrected chi connectivity index (χ2v) is 6.22. The molecule has 0 unspecified atom stereocenters. The van der Waals surface area contributed by atoms with Gasteiger partial charge in [-0.05, 0) is 44.7 Å². The molecule has 26 heavy (non-hydrogen) atoms. The predicted molar refractivity (Wildman–Crippen MR) is 93.9 cm³/mol. The summed E-state index contributed by atoms with van der Waals surface area (Å²) in [5.74, 6) is -0.0911. The quantitative estimate of drug-likeness (QED) is 0.787. The van der Waals surface area contributed by atoms with E-state index in [-0.39, 0.29) is 23.0 Å². The van der Waals surface area contributed by atoms with E-state index in [1.165, 1.54) is 24.3 Å². The summed E-state index contributed by atoms with van der Waals surface area (Å²) in [5, 5.41) is 2.76. The molecule has 0 aliphatic heterocycles. The van der Waals surface area contributed by atoms with Crippen LogP contribution in [-0.4, -0.2) is 36.5 Å². The van der Waals surface area contributed by atoms with E-state index in [4.69, 9.17) is 4.42 Å². The minimum Gasteiger partial charge on any atom is -0.451 e. The van der Waals surface area contributed by atoms with Crippen LogP contribution < -0.4 is 5.32 Å². The number of hydrogen-bond donors (Lipinski definition) is 1. The first-order chi connectivity index (χ1) is 12.2. The first-order valence-corrected chi connectivity index (χ1v) is 8.52. The standard InChI is InChI=1S/C19H23F3N2O2/c1-4-24(13(2)3)11-10-23-18(25)17-9-8-16(26-17)14-6-5-7-15(12-14)19(20,21)22/h5-9,12-13H,4,10-11H2,1-3H3,(H,23,25). The molecule has 4 nitrogen and oxygen atoms in total. The van der Waals surface area contributed by atoms with Gasteiger partial charge in [-0.15, -0.1) is 0 Å². The SMILES string of the molecule is CCN(CCNC(=O)c1ccc(-c2cccc(C(F)(F)F)c2)o1)C(C)C. The van der Waals surface area contributed by atoms with Gasteiger partial charge in [-0.25, -0.2) is 0 Å². The van der Waals surface area contributed by atoms with Crippen LogP contribution in [0.3, 0.4) is 0 Å². The van der Waals surface area contributed by atoms with Crippen molar-refractivity contribution in [3.63, 3.8) is 0 Å². The summed E-state index contributed by atoms with van der Waals surface area (Å²) in [5.41, 5.74) is -0.485. The van der Waals surface area contributed by atoms with Crippen molar-refractivity contribution < 1.29 is 22.4 Å². The van der Waals surface area contributed by atoms with E-state index in [1.54, 1.807) is 0 Å². The van der Waals surface area contributed by atoms with Crippen LogP contribution in [0, 0.1) is 0 Å². The van der Waals surface area contributed by atoms with E-state index in [0.717, 1.165) is 18.7 Å². The molecule has 0 saturated heterocycles. The molecule has 0 saturated carbocycles. The largest absolute Gasteiger partial charge is 0.451 e. The first kappa shape index (κ1) is 20.0. The molecule has 0 aliphatic carbocycles. The third-order valence-electron chi connectivity index (χ3n) is 4.13. The molecule has 2 aromatic rings. The van der Waals surface area contributed by atoms with E-state index in [9.17, 15) is 18.0 Å². The number of amides is 1.